The van der Waals surface area contributed by atoms with E-state index in [1.807, 2.05) is 18.7 Å². The lowest BCUT2D eigenvalue weighted by Gasteiger charge is -2.24. The molecule has 3 heteroatoms. The Morgan fingerprint density at radius 2 is 2.27 bits per heavy atom. The van der Waals surface area contributed by atoms with E-state index >= 15 is 0 Å². The zero-order chi connectivity index (χ0) is 8.43. The molecule has 1 saturated heterocycles. The van der Waals surface area contributed by atoms with E-state index in [0.717, 1.165) is 13.2 Å². The van der Waals surface area contributed by atoms with Crippen LogP contribution in [0.5, 0.6) is 0 Å². The predicted molar refractivity (Wildman–Crippen MR) is 42.3 cm³/mol. The van der Waals surface area contributed by atoms with Crippen LogP contribution < -0.4 is 0 Å². The fourth-order valence-electron chi connectivity index (χ4n) is 1.10. The van der Waals surface area contributed by atoms with Crippen LogP contribution in [0.15, 0.2) is 0 Å². The smallest absolute Gasteiger partial charge is 0.219 e. The number of hydrogen-bond donors (Lipinski definition) is 0. The Kier molecular flexibility index (Phi) is 2.49. The molecule has 1 aliphatic heterocycles. The highest BCUT2D eigenvalue weighted by molar-refractivity contribution is 5.73. The van der Waals surface area contributed by atoms with Crippen LogP contribution in [0, 0.1) is 0 Å². The minimum atomic E-state index is 0.135. The molecule has 1 rings (SSSR count). The summed E-state index contributed by atoms with van der Waals surface area (Å²) in [6.07, 6.45) is 0.307. The molecule has 0 aromatic rings. The molecule has 0 saturated carbocycles. The molecular formula is C8H15NO2. The van der Waals surface area contributed by atoms with Gasteiger partial charge in [-0.3, -0.25) is 4.79 Å². The summed E-state index contributed by atoms with van der Waals surface area (Å²) >= 11 is 0. The lowest BCUT2D eigenvalue weighted by atomic mass is 10.3. The van der Waals surface area contributed by atoms with Crippen LogP contribution in [0.3, 0.4) is 0 Å². The highest BCUT2D eigenvalue weighted by atomic mass is 16.6. The van der Waals surface area contributed by atoms with Crippen molar-refractivity contribution in [1.29, 1.82) is 0 Å². The van der Waals surface area contributed by atoms with Crippen molar-refractivity contribution in [2.24, 2.45) is 0 Å². The molecule has 3 nitrogen and oxygen atoms in total. The van der Waals surface area contributed by atoms with Gasteiger partial charge in [-0.1, -0.05) is 0 Å². The fourth-order valence-corrected chi connectivity index (χ4v) is 1.10. The molecular weight excluding hydrogens is 142 g/mol. The van der Waals surface area contributed by atoms with Crippen molar-refractivity contribution in [3.8, 4) is 0 Å². The molecule has 1 amide bonds. The summed E-state index contributed by atoms with van der Waals surface area (Å²) in [5.41, 5.74) is 0. The van der Waals surface area contributed by atoms with E-state index in [-0.39, 0.29) is 11.9 Å². The van der Waals surface area contributed by atoms with E-state index in [9.17, 15) is 4.79 Å². The van der Waals surface area contributed by atoms with Gasteiger partial charge < -0.3 is 9.64 Å². The lowest BCUT2D eigenvalue weighted by molar-refractivity contribution is -0.130. The summed E-state index contributed by atoms with van der Waals surface area (Å²) in [5.74, 6) is 0.135. The average Bonchev–Trinajstić information content (AvgIpc) is 2.63. The summed E-state index contributed by atoms with van der Waals surface area (Å²) in [6, 6.07) is 0.289. The van der Waals surface area contributed by atoms with E-state index in [1.165, 1.54) is 0 Å². The fraction of sp³-hybridized carbons (Fsp3) is 0.875. The molecule has 1 unspecified atom stereocenters. The van der Waals surface area contributed by atoms with Gasteiger partial charge in [-0.15, -0.1) is 0 Å². The number of rotatable bonds is 3. The third kappa shape index (κ3) is 2.50. The van der Waals surface area contributed by atoms with Crippen LogP contribution in [0.2, 0.25) is 0 Å². The SMILES string of the molecule is CC(=O)N(CC1CO1)C(C)C. The van der Waals surface area contributed by atoms with Crippen molar-refractivity contribution >= 4 is 5.91 Å². The average molecular weight is 157 g/mol. The first kappa shape index (κ1) is 8.53. The van der Waals surface area contributed by atoms with Crippen LogP contribution in [-0.2, 0) is 9.53 Å². The summed E-state index contributed by atoms with van der Waals surface area (Å²) < 4.78 is 5.05. The van der Waals surface area contributed by atoms with E-state index in [2.05, 4.69) is 0 Å². The van der Waals surface area contributed by atoms with Crippen LogP contribution in [0.4, 0.5) is 0 Å². The first-order valence-corrected chi connectivity index (χ1v) is 4.00. The molecule has 0 radical (unpaired) electrons. The van der Waals surface area contributed by atoms with Gasteiger partial charge in [0.2, 0.25) is 5.91 Å². The molecule has 0 N–H and O–H groups in total. The zero-order valence-electron chi connectivity index (χ0n) is 7.33. The van der Waals surface area contributed by atoms with E-state index in [0.29, 0.717) is 6.10 Å². The second kappa shape index (κ2) is 3.22. The Hall–Kier alpha value is -0.570. The van der Waals surface area contributed by atoms with Crippen molar-refractivity contribution in [3.05, 3.63) is 0 Å². The molecule has 64 valence electrons. The number of nitrogens with zero attached hydrogens (tertiary/aromatic N) is 1. The Bertz CT molecular complexity index is 152. The van der Waals surface area contributed by atoms with Crippen molar-refractivity contribution in [2.45, 2.75) is 32.9 Å². The minimum absolute atomic E-state index is 0.135. The Morgan fingerprint density at radius 1 is 1.73 bits per heavy atom. The number of carbonyl (C=O) groups is 1. The molecule has 1 aliphatic rings. The minimum Gasteiger partial charge on any atom is -0.371 e. The quantitative estimate of drug-likeness (QED) is 0.563. The number of carbonyl (C=O) groups excluding carboxylic acids is 1. The van der Waals surface area contributed by atoms with Crippen molar-refractivity contribution in [2.75, 3.05) is 13.2 Å². The maximum absolute atomic E-state index is 11.0. The lowest BCUT2D eigenvalue weighted by Crippen LogP contribution is -2.37. The maximum atomic E-state index is 11.0. The molecule has 0 aromatic heterocycles. The molecule has 0 spiro atoms. The second-order valence-electron chi connectivity index (χ2n) is 3.22. The topological polar surface area (TPSA) is 32.8 Å². The number of epoxide rings is 1. The first-order valence-electron chi connectivity index (χ1n) is 4.00. The van der Waals surface area contributed by atoms with Crippen LogP contribution in [-0.4, -0.2) is 36.1 Å². The Labute approximate surface area is 67.3 Å². The van der Waals surface area contributed by atoms with E-state index in [4.69, 9.17) is 4.74 Å². The molecule has 11 heavy (non-hydrogen) atoms. The summed E-state index contributed by atoms with van der Waals surface area (Å²) in [4.78, 5) is 12.9. The van der Waals surface area contributed by atoms with Crippen LogP contribution >= 0.6 is 0 Å². The second-order valence-corrected chi connectivity index (χ2v) is 3.22. The van der Waals surface area contributed by atoms with Gasteiger partial charge in [0.15, 0.2) is 0 Å². The Morgan fingerprint density at radius 3 is 2.55 bits per heavy atom. The molecule has 0 aromatic carbocycles. The van der Waals surface area contributed by atoms with Crippen molar-refractivity contribution in [1.82, 2.24) is 4.90 Å². The van der Waals surface area contributed by atoms with Crippen molar-refractivity contribution in [3.63, 3.8) is 0 Å². The molecule has 0 bridgehead atoms. The summed E-state index contributed by atoms with van der Waals surface area (Å²) in [7, 11) is 0. The zero-order valence-corrected chi connectivity index (χ0v) is 7.33. The molecule has 0 aliphatic carbocycles. The largest absolute Gasteiger partial charge is 0.371 e. The summed E-state index contributed by atoms with van der Waals surface area (Å²) in [5, 5.41) is 0. The van der Waals surface area contributed by atoms with Gasteiger partial charge in [-0.05, 0) is 13.8 Å². The normalized spacial score (nSPS) is 22.0. The molecule has 1 fully saturated rings. The van der Waals surface area contributed by atoms with Gasteiger partial charge in [0.25, 0.3) is 0 Å². The van der Waals surface area contributed by atoms with Gasteiger partial charge in [-0.25, -0.2) is 0 Å². The number of ether oxygens (including phenoxy) is 1. The highest BCUT2D eigenvalue weighted by Gasteiger charge is 2.27. The first-order chi connectivity index (χ1) is 5.11. The molecule has 1 atom stereocenters. The van der Waals surface area contributed by atoms with Crippen LogP contribution in [0.1, 0.15) is 20.8 Å². The van der Waals surface area contributed by atoms with Gasteiger partial charge in [-0.2, -0.15) is 0 Å². The van der Waals surface area contributed by atoms with E-state index < -0.39 is 0 Å². The van der Waals surface area contributed by atoms with E-state index in [1.54, 1.807) is 6.92 Å². The monoisotopic (exact) mass is 157 g/mol. The number of amides is 1. The van der Waals surface area contributed by atoms with Gasteiger partial charge in [0.05, 0.1) is 12.7 Å². The van der Waals surface area contributed by atoms with Gasteiger partial charge in [0.1, 0.15) is 0 Å². The van der Waals surface area contributed by atoms with Crippen molar-refractivity contribution < 1.29 is 9.53 Å². The Balaban J connectivity index is 2.37. The third-order valence-electron chi connectivity index (χ3n) is 1.83. The number of hydrogen-bond acceptors (Lipinski definition) is 2. The summed E-state index contributed by atoms with van der Waals surface area (Å²) in [6.45, 7) is 7.21. The molecule has 1 heterocycles. The van der Waals surface area contributed by atoms with Gasteiger partial charge in [0, 0.05) is 19.5 Å². The standard InChI is InChI=1S/C8H15NO2/c1-6(2)9(7(3)10)4-8-5-11-8/h6,8H,4-5H2,1-3H3. The maximum Gasteiger partial charge on any atom is 0.219 e. The highest BCUT2D eigenvalue weighted by Crippen LogP contribution is 2.12. The van der Waals surface area contributed by atoms with Gasteiger partial charge >= 0.3 is 0 Å². The third-order valence-corrected chi connectivity index (χ3v) is 1.83. The predicted octanol–water partition coefficient (Wildman–Crippen LogP) is 0.642. The van der Waals surface area contributed by atoms with Crippen LogP contribution in [0.25, 0.3) is 0 Å².